The molecule has 3 heterocycles. The predicted octanol–water partition coefficient (Wildman–Crippen LogP) is 6.73. The zero-order chi connectivity index (χ0) is 20.8. The molecule has 0 atom stereocenters. The average Bonchev–Trinajstić information content (AvgIpc) is 3.22. The smallest absolute Gasteiger partial charge is 0.136 e. The predicted molar refractivity (Wildman–Crippen MR) is 122 cm³/mol. The van der Waals surface area contributed by atoms with Crippen LogP contribution in [-0.2, 0) is 0 Å². The van der Waals surface area contributed by atoms with Crippen LogP contribution >= 0.6 is 0 Å². The lowest BCUT2D eigenvalue weighted by Crippen LogP contribution is -1.89. The van der Waals surface area contributed by atoms with E-state index in [2.05, 4.69) is 53.5 Å². The molecule has 0 amide bonds. The van der Waals surface area contributed by atoms with Crippen molar-refractivity contribution in [2.24, 2.45) is 0 Å². The van der Waals surface area contributed by atoms with Crippen LogP contribution in [0, 0.1) is 11.3 Å². The Kier molecular flexibility index (Phi) is 3.81. The third-order valence-corrected chi connectivity index (χ3v) is 5.57. The summed E-state index contributed by atoms with van der Waals surface area (Å²) in [6.45, 7) is 0. The molecule has 0 N–H and O–H groups in total. The van der Waals surface area contributed by atoms with Gasteiger partial charge < -0.3 is 4.42 Å². The molecule has 0 aliphatic heterocycles. The van der Waals surface area contributed by atoms with Gasteiger partial charge in [-0.05, 0) is 47.2 Å². The van der Waals surface area contributed by atoms with Crippen LogP contribution in [0.1, 0.15) is 5.56 Å². The summed E-state index contributed by atoms with van der Waals surface area (Å²) >= 11 is 0. The number of nitriles is 1. The molecular formula is C27H15N3O. The molecule has 4 nitrogen and oxygen atoms in total. The van der Waals surface area contributed by atoms with E-state index in [9.17, 15) is 0 Å². The molecule has 0 fully saturated rings. The Bertz CT molecular complexity index is 1660. The van der Waals surface area contributed by atoms with Crippen molar-refractivity contribution < 1.29 is 4.42 Å². The zero-order valence-electron chi connectivity index (χ0n) is 16.4. The topological polar surface area (TPSA) is 62.7 Å². The van der Waals surface area contributed by atoms with Gasteiger partial charge in [0, 0.05) is 34.3 Å². The largest absolute Gasteiger partial charge is 0.456 e. The minimum atomic E-state index is 0.514. The lowest BCUT2D eigenvalue weighted by molar-refractivity contribution is 0.669. The monoisotopic (exact) mass is 397 g/mol. The highest BCUT2D eigenvalue weighted by atomic mass is 16.3. The molecule has 0 radical (unpaired) electrons. The van der Waals surface area contributed by atoms with Gasteiger partial charge in [0.25, 0.3) is 0 Å². The quantitative estimate of drug-likeness (QED) is 0.325. The van der Waals surface area contributed by atoms with Gasteiger partial charge >= 0.3 is 0 Å². The number of benzene rings is 3. The molecule has 3 aromatic carbocycles. The number of nitrogens with zero attached hydrogens (tertiary/aromatic N) is 3. The molecule has 0 spiro atoms. The summed E-state index contributed by atoms with van der Waals surface area (Å²) in [5.74, 6) is 0. The van der Waals surface area contributed by atoms with Crippen LogP contribution in [0.4, 0.5) is 0 Å². The highest BCUT2D eigenvalue weighted by molar-refractivity contribution is 6.19. The fourth-order valence-electron chi connectivity index (χ4n) is 4.10. The number of rotatable bonds is 2. The van der Waals surface area contributed by atoms with Crippen molar-refractivity contribution in [2.45, 2.75) is 0 Å². The fourth-order valence-corrected chi connectivity index (χ4v) is 4.10. The summed E-state index contributed by atoms with van der Waals surface area (Å²) in [5, 5.41) is 13.8. The Morgan fingerprint density at radius 1 is 0.710 bits per heavy atom. The minimum absolute atomic E-state index is 0.514. The Balaban J connectivity index is 1.50. The molecule has 0 aliphatic carbocycles. The van der Waals surface area contributed by atoms with Gasteiger partial charge in [0.05, 0.1) is 17.0 Å². The number of furan rings is 1. The molecule has 3 aromatic heterocycles. The van der Waals surface area contributed by atoms with Crippen molar-refractivity contribution in [1.29, 1.82) is 5.26 Å². The van der Waals surface area contributed by atoms with Crippen molar-refractivity contribution >= 4 is 32.7 Å². The van der Waals surface area contributed by atoms with Gasteiger partial charge in [-0.15, -0.1) is 0 Å². The second-order valence-electron chi connectivity index (χ2n) is 7.45. The van der Waals surface area contributed by atoms with Crippen molar-refractivity contribution in [3.63, 3.8) is 0 Å². The number of aromatic nitrogens is 2. The summed E-state index contributed by atoms with van der Waals surface area (Å²) in [6.07, 6.45) is 3.27. The summed E-state index contributed by atoms with van der Waals surface area (Å²) in [4.78, 5) is 8.96. The molecule has 0 saturated carbocycles. The first-order chi connectivity index (χ1) is 15.3. The normalized spacial score (nSPS) is 11.2. The van der Waals surface area contributed by atoms with Gasteiger partial charge in [0.2, 0.25) is 0 Å². The van der Waals surface area contributed by atoms with E-state index in [0.29, 0.717) is 5.56 Å². The third-order valence-electron chi connectivity index (χ3n) is 5.57. The Labute approximate surface area is 178 Å². The summed E-state index contributed by atoms with van der Waals surface area (Å²) in [7, 11) is 0. The van der Waals surface area contributed by atoms with Gasteiger partial charge in [-0.2, -0.15) is 5.26 Å². The maximum absolute atomic E-state index is 9.15. The molecule has 6 aromatic rings. The summed E-state index contributed by atoms with van der Waals surface area (Å²) in [6, 6.07) is 28.5. The molecule has 0 unspecified atom stereocenters. The Morgan fingerprint density at radius 2 is 1.58 bits per heavy atom. The van der Waals surface area contributed by atoms with E-state index in [4.69, 9.17) is 14.7 Å². The van der Waals surface area contributed by atoms with Gasteiger partial charge in [-0.3, -0.25) is 4.98 Å². The second-order valence-corrected chi connectivity index (χ2v) is 7.45. The first-order valence-electron chi connectivity index (χ1n) is 9.97. The lowest BCUT2D eigenvalue weighted by Gasteiger charge is -2.05. The molecule has 31 heavy (non-hydrogen) atoms. The van der Waals surface area contributed by atoms with Gasteiger partial charge in [0.15, 0.2) is 0 Å². The average molecular weight is 397 g/mol. The van der Waals surface area contributed by atoms with E-state index in [1.54, 1.807) is 18.5 Å². The highest BCUT2D eigenvalue weighted by Gasteiger charge is 2.12. The van der Waals surface area contributed by atoms with E-state index in [0.717, 1.165) is 44.5 Å². The van der Waals surface area contributed by atoms with Crippen LogP contribution in [0.25, 0.3) is 55.2 Å². The van der Waals surface area contributed by atoms with E-state index < -0.39 is 0 Å². The van der Waals surface area contributed by atoms with Gasteiger partial charge in [-0.25, -0.2) is 4.98 Å². The van der Waals surface area contributed by atoms with Crippen molar-refractivity contribution in [3.8, 4) is 28.6 Å². The maximum atomic E-state index is 9.15. The lowest BCUT2D eigenvalue weighted by atomic mass is 10.0. The van der Waals surface area contributed by atoms with Crippen LogP contribution in [-0.4, -0.2) is 9.97 Å². The zero-order valence-corrected chi connectivity index (χ0v) is 16.4. The summed E-state index contributed by atoms with van der Waals surface area (Å²) < 4.78 is 6.19. The standard InChI is InChI=1S/C27H15N3O/c28-14-17-12-20(16-29-15-17)24-7-3-6-23(30-24)19-8-10-22-26(13-19)31-25-11-9-18-4-1-2-5-21(18)27(22)25/h1-13,15-16H. The van der Waals surface area contributed by atoms with Crippen molar-refractivity contribution in [1.82, 2.24) is 9.97 Å². The van der Waals surface area contributed by atoms with Gasteiger partial charge in [-0.1, -0.05) is 42.5 Å². The van der Waals surface area contributed by atoms with Crippen molar-refractivity contribution in [2.75, 3.05) is 0 Å². The summed E-state index contributed by atoms with van der Waals surface area (Å²) in [5.41, 5.74) is 5.64. The molecule has 6 rings (SSSR count). The van der Waals surface area contributed by atoms with Crippen molar-refractivity contribution in [3.05, 3.63) is 96.8 Å². The fraction of sp³-hybridized carbons (Fsp3) is 0. The maximum Gasteiger partial charge on any atom is 0.136 e. The first kappa shape index (κ1) is 17.4. The first-order valence-corrected chi connectivity index (χ1v) is 9.97. The van der Waals surface area contributed by atoms with Crippen LogP contribution in [0.3, 0.4) is 0 Å². The second kappa shape index (κ2) is 6.79. The van der Waals surface area contributed by atoms with Crippen LogP contribution < -0.4 is 0 Å². The van der Waals surface area contributed by atoms with E-state index in [1.165, 1.54) is 10.8 Å². The SMILES string of the molecule is N#Cc1cncc(-c2cccc(-c3ccc4c(c3)oc3ccc5ccccc5c34)n2)c1. The number of hydrogen-bond donors (Lipinski definition) is 0. The molecule has 144 valence electrons. The van der Waals surface area contributed by atoms with E-state index >= 15 is 0 Å². The highest BCUT2D eigenvalue weighted by Crippen LogP contribution is 2.36. The van der Waals surface area contributed by atoms with Gasteiger partial charge in [0.1, 0.15) is 17.2 Å². The van der Waals surface area contributed by atoms with E-state index in [-0.39, 0.29) is 0 Å². The molecule has 0 saturated heterocycles. The van der Waals surface area contributed by atoms with Crippen LogP contribution in [0.5, 0.6) is 0 Å². The Morgan fingerprint density at radius 3 is 2.48 bits per heavy atom. The number of fused-ring (bicyclic) bond motifs is 5. The number of pyridine rings is 2. The molecule has 4 heteroatoms. The Hall–Kier alpha value is -4.49. The van der Waals surface area contributed by atoms with E-state index in [1.807, 2.05) is 30.3 Å². The van der Waals surface area contributed by atoms with Crippen LogP contribution in [0.2, 0.25) is 0 Å². The molecule has 0 aliphatic rings. The minimum Gasteiger partial charge on any atom is -0.456 e. The molecule has 0 bridgehead atoms. The van der Waals surface area contributed by atoms with Crippen LogP contribution in [0.15, 0.2) is 95.7 Å². The molecular weight excluding hydrogens is 382 g/mol. The third kappa shape index (κ3) is 2.84. The number of hydrogen-bond acceptors (Lipinski definition) is 4.